The summed E-state index contributed by atoms with van der Waals surface area (Å²) in [4.78, 5) is 25.2. The van der Waals surface area contributed by atoms with E-state index in [1.165, 1.54) is 6.26 Å². The summed E-state index contributed by atoms with van der Waals surface area (Å²) in [5.74, 6) is 5.31. The lowest BCUT2D eigenvalue weighted by Crippen LogP contribution is -2.40. The zero-order valence-electron chi connectivity index (χ0n) is 10.3. The number of hydrogen-bond acceptors (Lipinski definition) is 4. The van der Waals surface area contributed by atoms with Crippen molar-refractivity contribution in [2.75, 3.05) is 6.54 Å². The molecule has 18 heavy (non-hydrogen) atoms. The number of nitrogens with two attached hydrogens (primary N) is 1. The van der Waals surface area contributed by atoms with Gasteiger partial charge in [-0.25, -0.2) is 5.84 Å². The van der Waals surface area contributed by atoms with Gasteiger partial charge in [0.1, 0.15) is 5.76 Å². The van der Waals surface area contributed by atoms with Crippen LogP contribution in [0.15, 0.2) is 16.7 Å². The normalized spacial score (nSPS) is 20.0. The van der Waals surface area contributed by atoms with Gasteiger partial charge < -0.3 is 9.32 Å². The summed E-state index contributed by atoms with van der Waals surface area (Å²) in [7, 11) is 0. The molecule has 0 saturated carbocycles. The lowest BCUT2D eigenvalue weighted by Gasteiger charge is -2.30. The van der Waals surface area contributed by atoms with E-state index in [1.807, 2.05) is 6.92 Å². The van der Waals surface area contributed by atoms with Crippen molar-refractivity contribution in [3.63, 3.8) is 0 Å². The predicted molar refractivity (Wildman–Crippen MR) is 64.2 cm³/mol. The molecule has 1 aliphatic heterocycles. The quantitative estimate of drug-likeness (QED) is 0.469. The van der Waals surface area contributed by atoms with Gasteiger partial charge in [0.2, 0.25) is 5.91 Å². The molecule has 2 amide bonds. The third-order valence-electron chi connectivity index (χ3n) is 3.25. The molecule has 6 heteroatoms. The summed E-state index contributed by atoms with van der Waals surface area (Å²) >= 11 is 0. The number of likely N-dealkylation sites (tertiary alicyclic amines) is 1. The minimum Gasteiger partial charge on any atom is -0.467 e. The Labute approximate surface area is 105 Å². The molecule has 1 atom stereocenters. The lowest BCUT2D eigenvalue weighted by atomic mass is 9.99. The van der Waals surface area contributed by atoms with Crippen LogP contribution in [-0.2, 0) is 11.3 Å². The fraction of sp³-hybridized carbons (Fsp3) is 0.500. The smallest absolute Gasteiger partial charge is 0.268 e. The summed E-state index contributed by atoms with van der Waals surface area (Å²) in [5, 5.41) is 0. The van der Waals surface area contributed by atoms with Crippen LogP contribution in [0.25, 0.3) is 0 Å². The average molecular weight is 251 g/mol. The summed E-state index contributed by atoms with van der Waals surface area (Å²) < 4.78 is 5.26. The van der Waals surface area contributed by atoms with Crippen LogP contribution in [0.1, 0.15) is 35.9 Å². The Bertz CT molecular complexity index is 455. The fourth-order valence-electron chi connectivity index (χ4n) is 2.21. The first-order valence-electron chi connectivity index (χ1n) is 5.99. The maximum atomic E-state index is 12.0. The van der Waals surface area contributed by atoms with E-state index >= 15 is 0 Å². The standard InChI is InChI=1S/C12H17N3O3/c1-8-3-2-5-15(12(8)17)7-10-9(4-6-18-10)11(16)14-13/h4,6,8H,2-3,5,7,13H2,1H3,(H,14,16). The van der Waals surface area contributed by atoms with Crippen LogP contribution in [0.5, 0.6) is 0 Å². The van der Waals surface area contributed by atoms with Crippen LogP contribution in [0.3, 0.4) is 0 Å². The lowest BCUT2D eigenvalue weighted by molar-refractivity contribution is -0.138. The third kappa shape index (κ3) is 2.38. The Morgan fingerprint density at radius 3 is 3.17 bits per heavy atom. The van der Waals surface area contributed by atoms with Gasteiger partial charge >= 0.3 is 0 Å². The van der Waals surface area contributed by atoms with Crippen molar-refractivity contribution < 1.29 is 14.0 Å². The molecule has 0 radical (unpaired) electrons. The van der Waals surface area contributed by atoms with E-state index in [0.29, 0.717) is 24.4 Å². The number of furan rings is 1. The summed E-state index contributed by atoms with van der Waals surface area (Å²) in [5.41, 5.74) is 2.44. The molecule has 0 spiro atoms. The minimum absolute atomic E-state index is 0.0421. The molecular weight excluding hydrogens is 234 g/mol. The first kappa shape index (κ1) is 12.6. The van der Waals surface area contributed by atoms with Gasteiger partial charge in [-0.1, -0.05) is 6.92 Å². The molecule has 1 aromatic heterocycles. The second-order valence-electron chi connectivity index (χ2n) is 4.53. The van der Waals surface area contributed by atoms with Crippen LogP contribution in [0.4, 0.5) is 0 Å². The minimum atomic E-state index is -0.406. The molecule has 1 aliphatic rings. The van der Waals surface area contributed by atoms with Gasteiger partial charge in [0, 0.05) is 12.5 Å². The van der Waals surface area contributed by atoms with Gasteiger partial charge in [-0.3, -0.25) is 15.0 Å². The van der Waals surface area contributed by atoms with E-state index in [1.54, 1.807) is 11.0 Å². The Morgan fingerprint density at radius 1 is 1.67 bits per heavy atom. The van der Waals surface area contributed by atoms with Crippen LogP contribution in [0, 0.1) is 5.92 Å². The number of piperidine rings is 1. The van der Waals surface area contributed by atoms with E-state index in [2.05, 4.69) is 5.43 Å². The number of carbonyl (C=O) groups excluding carboxylic acids is 2. The van der Waals surface area contributed by atoms with Gasteiger partial charge in [0.15, 0.2) is 0 Å². The van der Waals surface area contributed by atoms with Crippen molar-refractivity contribution in [1.82, 2.24) is 10.3 Å². The Hall–Kier alpha value is -1.82. The number of rotatable bonds is 3. The van der Waals surface area contributed by atoms with E-state index in [0.717, 1.165) is 12.8 Å². The monoisotopic (exact) mass is 251 g/mol. The molecule has 2 heterocycles. The van der Waals surface area contributed by atoms with Gasteiger partial charge in [-0.15, -0.1) is 0 Å². The zero-order valence-corrected chi connectivity index (χ0v) is 10.3. The van der Waals surface area contributed by atoms with Crippen molar-refractivity contribution in [3.05, 3.63) is 23.7 Å². The summed E-state index contributed by atoms with van der Waals surface area (Å²) in [6, 6.07) is 1.55. The topological polar surface area (TPSA) is 88.6 Å². The molecule has 6 nitrogen and oxygen atoms in total. The number of nitrogens with one attached hydrogen (secondary N) is 1. The van der Waals surface area contributed by atoms with Crippen LogP contribution in [0.2, 0.25) is 0 Å². The van der Waals surface area contributed by atoms with Crippen molar-refractivity contribution in [1.29, 1.82) is 0 Å². The van der Waals surface area contributed by atoms with Gasteiger partial charge in [-0.2, -0.15) is 0 Å². The summed E-state index contributed by atoms with van der Waals surface area (Å²) in [6.07, 6.45) is 3.33. The molecular formula is C12H17N3O3. The number of nitrogens with zero attached hydrogens (tertiary/aromatic N) is 1. The highest BCUT2D eigenvalue weighted by atomic mass is 16.3. The van der Waals surface area contributed by atoms with E-state index < -0.39 is 5.91 Å². The Kier molecular flexibility index (Phi) is 3.66. The first-order valence-corrected chi connectivity index (χ1v) is 5.99. The predicted octanol–water partition coefficient (Wildman–Crippen LogP) is 0.642. The van der Waals surface area contributed by atoms with E-state index in [4.69, 9.17) is 10.3 Å². The summed E-state index contributed by atoms with van der Waals surface area (Å²) in [6.45, 7) is 2.94. The number of nitrogen functional groups attached to an aromatic ring is 1. The number of hydrazine groups is 1. The Balaban J connectivity index is 2.12. The maximum absolute atomic E-state index is 12.0. The van der Waals surface area contributed by atoms with Crippen molar-refractivity contribution in [3.8, 4) is 0 Å². The molecule has 1 aromatic rings. The van der Waals surface area contributed by atoms with Gasteiger partial charge in [0.25, 0.3) is 5.91 Å². The SMILES string of the molecule is CC1CCCN(Cc2occc2C(=O)NN)C1=O. The molecule has 2 rings (SSSR count). The maximum Gasteiger partial charge on any atom is 0.268 e. The fourth-order valence-corrected chi connectivity index (χ4v) is 2.21. The van der Waals surface area contributed by atoms with Gasteiger partial charge in [-0.05, 0) is 18.9 Å². The second-order valence-corrected chi connectivity index (χ2v) is 4.53. The number of amides is 2. The third-order valence-corrected chi connectivity index (χ3v) is 3.25. The molecule has 1 unspecified atom stereocenters. The molecule has 0 aromatic carbocycles. The van der Waals surface area contributed by atoms with Crippen LogP contribution < -0.4 is 11.3 Å². The number of carbonyl (C=O) groups is 2. The first-order chi connectivity index (χ1) is 8.63. The highest BCUT2D eigenvalue weighted by molar-refractivity contribution is 5.94. The van der Waals surface area contributed by atoms with E-state index in [-0.39, 0.29) is 11.8 Å². The van der Waals surface area contributed by atoms with Gasteiger partial charge in [0.05, 0.1) is 18.4 Å². The molecule has 3 N–H and O–H groups in total. The Morgan fingerprint density at radius 2 is 2.44 bits per heavy atom. The molecule has 0 aliphatic carbocycles. The van der Waals surface area contributed by atoms with Crippen LogP contribution in [-0.4, -0.2) is 23.3 Å². The number of hydrogen-bond donors (Lipinski definition) is 2. The zero-order chi connectivity index (χ0) is 13.1. The van der Waals surface area contributed by atoms with Crippen molar-refractivity contribution >= 4 is 11.8 Å². The molecule has 1 fully saturated rings. The molecule has 98 valence electrons. The molecule has 1 saturated heterocycles. The van der Waals surface area contributed by atoms with Crippen molar-refractivity contribution in [2.24, 2.45) is 11.8 Å². The van der Waals surface area contributed by atoms with E-state index in [9.17, 15) is 9.59 Å². The average Bonchev–Trinajstić information content (AvgIpc) is 2.82. The highest BCUT2D eigenvalue weighted by Crippen LogP contribution is 2.21. The largest absolute Gasteiger partial charge is 0.467 e. The highest BCUT2D eigenvalue weighted by Gasteiger charge is 2.27. The second kappa shape index (κ2) is 5.22. The van der Waals surface area contributed by atoms with Crippen LogP contribution >= 0.6 is 0 Å². The van der Waals surface area contributed by atoms with Crippen molar-refractivity contribution in [2.45, 2.75) is 26.3 Å². The molecule has 0 bridgehead atoms.